The number of H-pyrrole nitrogens is 1. The highest BCUT2D eigenvalue weighted by Crippen LogP contribution is 2.13. The molecule has 0 aliphatic carbocycles. The van der Waals surface area contributed by atoms with Gasteiger partial charge in [-0.1, -0.05) is 6.92 Å². The van der Waals surface area contributed by atoms with Crippen molar-refractivity contribution in [1.82, 2.24) is 15.3 Å². The van der Waals surface area contributed by atoms with Gasteiger partial charge < -0.3 is 15.4 Å². The smallest absolute Gasteiger partial charge is 0.268 e. The molecule has 1 unspecified atom stereocenters. The van der Waals surface area contributed by atoms with E-state index in [1.54, 1.807) is 6.92 Å². The van der Waals surface area contributed by atoms with Gasteiger partial charge in [-0.3, -0.25) is 4.79 Å². The summed E-state index contributed by atoms with van der Waals surface area (Å²) >= 11 is 1.39. The Labute approximate surface area is 109 Å². The molecule has 0 aliphatic heterocycles. The Hall–Kier alpha value is -1.24. The lowest BCUT2D eigenvalue weighted by atomic mass is 10.0. The van der Waals surface area contributed by atoms with Crippen molar-refractivity contribution in [2.75, 3.05) is 6.54 Å². The van der Waals surface area contributed by atoms with Crippen LogP contribution in [0.15, 0.2) is 16.2 Å². The van der Waals surface area contributed by atoms with E-state index in [0.717, 1.165) is 5.52 Å². The van der Waals surface area contributed by atoms with Crippen LogP contribution in [0.3, 0.4) is 0 Å². The van der Waals surface area contributed by atoms with Crippen molar-refractivity contribution in [2.24, 2.45) is 0 Å². The molecular formula is C12H17N3O2S. The molecule has 0 saturated carbocycles. The van der Waals surface area contributed by atoms with Gasteiger partial charge in [0.15, 0.2) is 0 Å². The number of aromatic amines is 1. The summed E-state index contributed by atoms with van der Waals surface area (Å²) in [5, 5.41) is 14.8. The molecule has 0 saturated heterocycles. The van der Waals surface area contributed by atoms with E-state index in [1.165, 1.54) is 11.3 Å². The molecule has 0 fully saturated rings. The van der Waals surface area contributed by atoms with E-state index in [4.69, 9.17) is 0 Å². The first-order valence-electron chi connectivity index (χ1n) is 5.91. The molecule has 98 valence electrons. The minimum Gasteiger partial charge on any atom is -0.389 e. The number of hydrogen-bond acceptors (Lipinski definition) is 5. The minimum atomic E-state index is -0.729. The van der Waals surface area contributed by atoms with Gasteiger partial charge in [-0.25, -0.2) is 4.98 Å². The van der Waals surface area contributed by atoms with E-state index in [-0.39, 0.29) is 5.56 Å². The summed E-state index contributed by atoms with van der Waals surface area (Å²) in [6, 6.07) is 1.83. The highest BCUT2D eigenvalue weighted by molar-refractivity contribution is 7.17. The zero-order valence-electron chi connectivity index (χ0n) is 10.5. The van der Waals surface area contributed by atoms with Gasteiger partial charge in [-0.05, 0) is 24.8 Å². The molecule has 2 aromatic rings. The standard InChI is InChI=1S/C12H17N3O2S/c1-3-12(2,17)7-13-6-9-14-8-4-5-18-10(8)11(16)15-9/h4-5,13,17H,3,6-7H2,1-2H3,(H,14,15,16). The van der Waals surface area contributed by atoms with Crippen molar-refractivity contribution in [1.29, 1.82) is 0 Å². The summed E-state index contributed by atoms with van der Waals surface area (Å²) in [5.74, 6) is 0.595. The fourth-order valence-electron chi connectivity index (χ4n) is 1.58. The van der Waals surface area contributed by atoms with Gasteiger partial charge in [-0.2, -0.15) is 0 Å². The van der Waals surface area contributed by atoms with Crippen molar-refractivity contribution < 1.29 is 5.11 Å². The third-order valence-corrected chi connectivity index (χ3v) is 3.83. The van der Waals surface area contributed by atoms with Gasteiger partial charge in [0.1, 0.15) is 10.5 Å². The molecule has 2 heterocycles. The van der Waals surface area contributed by atoms with E-state index in [2.05, 4.69) is 15.3 Å². The summed E-state index contributed by atoms with van der Waals surface area (Å²) in [5.41, 5.74) is -0.107. The number of nitrogens with zero attached hydrogens (tertiary/aromatic N) is 1. The highest BCUT2D eigenvalue weighted by Gasteiger charge is 2.16. The summed E-state index contributed by atoms with van der Waals surface area (Å²) < 4.78 is 0.652. The van der Waals surface area contributed by atoms with Crippen LogP contribution >= 0.6 is 11.3 Å². The molecule has 0 spiro atoms. The number of aromatic nitrogens is 2. The maximum Gasteiger partial charge on any atom is 0.268 e. The predicted molar refractivity (Wildman–Crippen MR) is 72.9 cm³/mol. The Morgan fingerprint density at radius 1 is 1.61 bits per heavy atom. The first-order chi connectivity index (χ1) is 8.52. The normalized spacial score (nSPS) is 14.8. The van der Waals surface area contributed by atoms with Crippen LogP contribution < -0.4 is 10.9 Å². The third kappa shape index (κ3) is 2.95. The average Bonchev–Trinajstić information content (AvgIpc) is 2.77. The van der Waals surface area contributed by atoms with Gasteiger partial charge in [-0.15, -0.1) is 11.3 Å². The lowest BCUT2D eigenvalue weighted by Crippen LogP contribution is -2.37. The number of hydrogen-bond donors (Lipinski definition) is 3. The Bertz CT molecular complexity index is 588. The number of fused-ring (bicyclic) bond motifs is 1. The molecule has 2 rings (SSSR count). The van der Waals surface area contributed by atoms with Crippen molar-refractivity contribution in [2.45, 2.75) is 32.4 Å². The first kappa shape index (κ1) is 13.2. The third-order valence-electron chi connectivity index (χ3n) is 2.92. The summed E-state index contributed by atoms with van der Waals surface area (Å²) in [7, 11) is 0. The molecule has 1 atom stereocenters. The van der Waals surface area contributed by atoms with Gasteiger partial charge in [0.25, 0.3) is 5.56 Å². The lowest BCUT2D eigenvalue weighted by Gasteiger charge is -2.21. The van der Waals surface area contributed by atoms with Crippen LogP contribution in [0, 0.1) is 0 Å². The molecule has 6 heteroatoms. The van der Waals surface area contributed by atoms with Crippen LogP contribution in [0.5, 0.6) is 0 Å². The Kier molecular flexibility index (Phi) is 3.79. The van der Waals surface area contributed by atoms with E-state index < -0.39 is 5.60 Å². The van der Waals surface area contributed by atoms with Gasteiger partial charge in [0.05, 0.1) is 17.7 Å². The first-order valence-corrected chi connectivity index (χ1v) is 6.79. The molecule has 0 aliphatic rings. The van der Waals surface area contributed by atoms with Crippen molar-refractivity contribution in [3.8, 4) is 0 Å². The molecule has 3 N–H and O–H groups in total. The van der Waals surface area contributed by atoms with Crippen LogP contribution in [-0.4, -0.2) is 27.2 Å². The molecule has 2 aromatic heterocycles. The van der Waals surface area contributed by atoms with Crippen molar-refractivity contribution >= 4 is 21.6 Å². The Morgan fingerprint density at radius 3 is 3.11 bits per heavy atom. The predicted octanol–water partition coefficient (Wildman–Crippen LogP) is 1.24. The van der Waals surface area contributed by atoms with Crippen LogP contribution in [0.25, 0.3) is 10.2 Å². The second-order valence-electron chi connectivity index (χ2n) is 4.60. The van der Waals surface area contributed by atoms with E-state index in [9.17, 15) is 9.90 Å². The molecule has 0 radical (unpaired) electrons. The SMILES string of the molecule is CCC(C)(O)CNCc1nc2ccsc2c(=O)[nH]1. The van der Waals surface area contributed by atoms with Crippen LogP contribution in [0.4, 0.5) is 0 Å². The van der Waals surface area contributed by atoms with Gasteiger partial charge in [0.2, 0.25) is 0 Å². The van der Waals surface area contributed by atoms with Crippen molar-refractivity contribution in [3.63, 3.8) is 0 Å². The lowest BCUT2D eigenvalue weighted by molar-refractivity contribution is 0.0554. The maximum atomic E-state index is 11.7. The second kappa shape index (κ2) is 5.17. The number of nitrogens with one attached hydrogen (secondary N) is 2. The molecular weight excluding hydrogens is 250 g/mol. The maximum absolute atomic E-state index is 11.7. The van der Waals surface area contributed by atoms with Crippen LogP contribution in [0.2, 0.25) is 0 Å². The molecule has 5 nitrogen and oxygen atoms in total. The van der Waals surface area contributed by atoms with E-state index >= 15 is 0 Å². The second-order valence-corrected chi connectivity index (χ2v) is 5.52. The fourth-order valence-corrected chi connectivity index (χ4v) is 2.31. The zero-order valence-corrected chi connectivity index (χ0v) is 11.3. The zero-order chi connectivity index (χ0) is 13.2. The monoisotopic (exact) mass is 267 g/mol. The minimum absolute atomic E-state index is 0.103. The number of rotatable bonds is 5. The molecule has 18 heavy (non-hydrogen) atoms. The van der Waals surface area contributed by atoms with Crippen LogP contribution in [-0.2, 0) is 6.54 Å². The Balaban J connectivity index is 2.06. The number of aliphatic hydroxyl groups is 1. The summed E-state index contributed by atoms with van der Waals surface area (Å²) in [6.45, 7) is 4.61. The quantitative estimate of drug-likeness (QED) is 0.761. The van der Waals surface area contributed by atoms with Gasteiger partial charge in [0, 0.05) is 6.54 Å². The summed E-state index contributed by atoms with van der Waals surface area (Å²) in [4.78, 5) is 18.8. The van der Waals surface area contributed by atoms with E-state index in [1.807, 2.05) is 18.4 Å². The van der Waals surface area contributed by atoms with Crippen LogP contribution in [0.1, 0.15) is 26.1 Å². The summed E-state index contributed by atoms with van der Waals surface area (Å²) in [6.07, 6.45) is 0.674. The Morgan fingerprint density at radius 2 is 2.39 bits per heavy atom. The molecule has 0 aromatic carbocycles. The molecule has 0 amide bonds. The van der Waals surface area contributed by atoms with E-state index in [0.29, 0.717) is 30.0 Å². The molecule has 0 bridgehead atoms. The number of thiophene rings is 1. The largest absolute Gasteiger partial charge is 0.389 e. The topological polar surface area (TPSA) is 78.0 Å². The highest BCUT2D eigenvalue weighted by atomic mass is 32.1. The van der Waals surface area contributed by atoms with Gasteiger partial charge >= 0.3 is 0 Å². The average molecular weight is 267 g/mol. The van der Waals surface area contributed by atoms with Crippen molar-refractivity contribution in [3.05, 3.63) is 27.6 Å². The fraction of sp³-hybridized carbons (Fsp3) is 0.500.